The topological polar surface area (TPSA) is 69.6 Å². The molecule has 0 spiro atoms. The van der Waals surface area contributed by atoms with Crippen LogP contribution in [0.15, 0.2) is 18.2 Å². The molecule has 0 atom stereocenters. The minimum absolute atomic E-state index is 0.107. The van der Waals surface area contributed by atoms with Gasteiger partial charge in [-0.05, 0) is 12.1 Å². The van der Waals surface area contributed by atoms with Crippen molar-refractivity contribution < 1.29 is 19.1 Å². The summed E-state index contributed by atoms with van der Waals surface area (Å²) in [4.78, 5) is 22.6. The average Bonchev–Trinajstić information content (AvgIpc) is 2.16. The first-order valence-corrected chi connectivity index (χ1v) is 4.18. The van der Waals surface area contributed by atoms with Gasteiger partial charge in [0.25, 0.3) is 0 Å². The Bertz CT molecular complexity index is 447. The predicted molar refractivity (Wildman–Crippen MR) is 50.4 cm³/mol. The molecule has 2 N–H and O–H groups in total. The second-order valence-electron chi connectivity index (χ2n) is 3.05. The Morgan fingerprint density at radius 3 is 2.93 bits per heavy atom. The number of hydrogen-bond acceptors (Lipinski definition) is 2. The molecule has 15 heavy (non-hydrogen) atoms. The van der Waals surface area contributed by atoms with Crippen LogP contribution in [0.4, 0.5) is 20.6 Å². The summed E-state index contributed by atoms with van der Waals surface area (Å²) in [7, 11) is 0. The molecule has 6 heteroatoms. The van der Waals surface area contributed by atoms with Crippen molar-refractivity contribution in [1.82, 2.24) is 0 Å². The van der Waals surface area contributed by atoms with Gasteiger partial charge >= 0.3 is 6.09 Å². The van der Waals surface area contributed by atoms with Gasteiger partial charge in [0.15, 0.2) is 0 Å². The number of carbonyl (C=O) groups excluding carboxylic acids is 1. The summed E-state index contributed by atoms with van der Waals surface area (Å²) in [5.74, 6) is -1.15. The highest BCUT2D eigenvalue weighted by Crippen LogP contribution is 2.31. The number of halogens is 1. The molecule has 0 unspecified atom stereocenters. The van der Waals surface area contributed by atoms with Gasteiger partial charge in [-0.25, -0.2) is 9.18 Å². The molecule has 0 aliphatic carbocycles. The molecular weight excluding hydrogens is 203 g/mol. The van der Waals surface area contributed by atoms with Gasteiger partial charge in [-0.2, -0.15) is 0 Å². The molecule has 0 saturated carbocycles. The summed E-state index contributed by atoms with van der Waals surface area (Å²) in [6.07, 6.45) is -1.35. The molecule has 2 amide bonds. The predicted octanol–water partition coefficient (Wildman–Crippen LogP) is 1.26. The van der Waals surface area contributed by atoms with E-state index in [1.54, 1.807) is 0 Å². The molecule has 0 aromatic heterocycles. The van der Waals surface area contributed by atoms with E-state index < -0.39 is 17.8 Å². The van der Waals surface area contributed by atoms with E-state index in [0.717, 1.165) is 6.07 Å². The van der Waals surface area contributed by atoms with Gasteiger partial charge in [0, 0.05) is 0 Å². The Labute approximate surface area is 84.1 Å². The van der Waals surface area contributed by atoms with Gasteiger partial charge in [-0.15, -0.1) is 0 Å². The molecule has 0 radical (unpaired) electrons. The van der Waals surface area contributed by atoms with Gasteiger partial charge < -0.3 is 10.4 Å². The lowest BCUT2D eigenvalue weighted by atomic mass is 10.2. The molecule has 0 fully saturated rings. The minimum atomic E-state index is -1.35. The van der Waals surface area contributed by atoms with Crippen LogP contribution >= 0.6 is 0 Å². The standard InChI is InChI=1S/C9H7FN2O3/c10-5-2-1-3-6-8(5)12(9(14)15)4-7(13)11-6/h1-3H,4H2,(H,11,13)(H,14,15). The molecule has 1 aromatic carbocycles. The lowest BCUT2D eigenvalue weighted by Gasteiger charge is -2.26. The number of amides is 2. The second-order valence-corrected chi connectivity index (χ2v) is 3.05. The number of hydrogen-bond donors (Lipinski definition) is 2. The molecule has 5 nitrogen and oxygen atoms in total. The smallest absolute Gasteiger partial charge is 0.412 e. The highest BCUT2D eigenvalue weighted by molar-refractivity contribution is 6.07. The molecule has 1 aliphatic rings. The van der Waals surface area contributed by atoms with Crippen LogP contribution in [-0.2, 0) is 4.79 Å². The lowest BCUT2D eigenvalue weighted by Crippen LogP contribution is -2.41. The van der Waals surface area contributed by atoms with Crippen molar-refractivity contribution in [2.24, 2.45) is 0 Å². The van der Waals surface area contributed by atoms with Crippen molar-refractivity contribution in [2.45, 2.75) is 0 Å². The highest BCUT2D eigenvalue weighted by atomic mass is 19.1. The summed E-state index contributed by atoms with van der Waals surface area (Å²) >= 11 is 0. The quantitative estimate of drug-likeness (QED) is 0.677. The van der Waals surface area contributed by atoms with E-state index >= 15 is 0 Å². The zero-order chi connectivity index (χ0) is 11.0. The highest BCUT2D eigenvalue weighted by Gasteiger charge is 2.29. The van der Waals surface area contributed by atoms with Crippen molar-refractivity contribution in [3.63, 3.8) is 0 Å². The summed E-state index contributed by atoms with van der Waals surface area (Å²) in [5.41, 5.74) is 0.0678. The van der Waals surface area contributed by atoms with Crippen molar-refractivity contribution in [2.75, 3.05) is 16.8 Å². The maximum Gasteiger partial charge on any atom is 0.412 e. The first-order chi connectivity index (χ1) is 7.09. The largest absolute Gasteiger partial charge is 0.465 e. The summed E-state index contributed by atoms with van der Waals surface area (Å²) in [5, 5.41) is 11.2. The molecule has 1 aliphatic heterocycles. The third kappa shape index (κ3) is 1.50. The van der Waals surface area contributed by atoms with Gasteiger partial charge in [-0.3, -0.25) is 9.69 Å². The van der Waals surface area contributed by atoms with E-state index in [0.29, 0.717) is 4.90 Å². The molecule has 2 rings (SSSR count). The number of nitrogens with one attached hydrogen (secondary N) is 1. The fourth-order valence-corrected chi connectivity index (χ4v) is 1.47. The fourth-order valence-electron chi connectivity index (χ4n) is 1.47. The lowest BCUT2D eigenvalue weighted by molar-refractivity contribution is -0.115. The molecule has 0 bridgehead atoms. The van der Waals surface area contributed by atoms with Crippen LogP contribution in [-0.4, -0.2) is 23.7 Å². The van der Waals surface area contributed by atoms with Crippen molar-refractivity contribution in [1.29, 1.82) is 0 Å². The number of nitrogens with zero attached hydrogens (tertiary/aromatic N) is 1. The maximum absolute atomic E-state index is 13.4. The van der Waals surface area contributed by atoms with Crippen LogP contribution in [0.2, 0.25) is 0 Å². The molecular formula is C9H7FN2O3. The number of carboxylic acid groups (broad SMARTS) is 1. The third-order valence-electron chi connectivity index (χ3n) is 2.06. The van der Waals surface area contributed by atoms with Crippen LogP contribution < -0.4 is 10.2 Å². The average molecular weight is 210 g/mol. The van der Waals surface area contributed by atoms with Crippen molar-refractivity contribution in [3.8, 4) is 0 Å². The summed E-state index contributed by atoms with van der Waals surface area (Å²) < 4.78 is 13.4. The maximum atomic E-state index is 13.4. The first-order valence-electron chi connectivity index (χ1n) is 4.18. The Kier molecular flexibility index (Phi) is 2.03. The molecule has 0 saturated heterocycles. The van der Waals surface area contributed by atoms with E-state index in [2.05, 4.69) is 5.32 Å². The van der Waals surface area contributed by atoms with E-state index in [1.807, 2.05) is 0 Å². The van der Waals surface area contributed by atoms with Crippen molar-refractivity contribution in [3.05, 3.63) is 24.0 Å². The van der Waals surface area contributed by atoms with E-state index in [4.69, 9.17) is 5.11 Å². The number of benzene rings is 1. The Balaban J connectivity index is 2.57. The number of carbonyl (C=O) groups is 2. The SMILES string of the molecule is O=C1CN(C(=O)O)c2c(F)cccc2N1. The van der Waals surface area contributed by atoms with Gasteiger partial charge in [0.05, 0.1) is 5.69 Å². The zero-order valence-corrected chi connectivity index (χ0v) is 7.53. The molecule has 78 valence electrons. The Morgan fingerprint density at radius 2 is 2.27 bits per heavy atom. The number of para-hydroxylation sites is 1. The van der Waals surface area contributed by atoms with E-state index in [9.17, 15) is 14.0 Å². The number of fused-ring (bicyclic) bond motifs is 1. The van der Waals surface area contributed by atoms with Crippen LogP contribution in [0.25, 0.3) is 0 Å². The van der Waals surface area contributed by atoms with E-state index in [-0.39, 0.29) is 17.9 Å². The van der Waals surface area contributed by atoms with Crippen LogP contribution in [0.5, 0.6) is 0 Å². The monoisotopic (exact) mass is 210 g/mol. The first kappa shape index (κ1) is 9.45. The fraction of sp³-hybridized carbons (Fsp3) is 0.111. The number of rotatable bonds is 0. The van der Waals surface area contributed by atoms with Crippen LogP contribution in [0, 0.1) is 5.82 Å². The van der Waals surface area contributed by atoms with Gasteiger partial charge in [-0.1, -0.05) is 6.07 Å². The molecule has 1 aromatic rings. The number of anilines is 2. The van der Waals surface area contributed by atoms with Crippen LogP contribution in [0.3, 0.4) is 0 Å². The van der Waals surface area contributed by atoms with Crippen LogP contribution in [0.1, 0.15) is 0 Å². The van der Waals surface area contributed by atoms with E-state index in [1.165, 1.54) is 12.1 Å². The normalized spacial score (nSPS) is 14.5. The third-order valence-corrected chi connectivity index (χ3v) is 2.06. The Hall–Kier alpha value is -2.11. The minimum Gasteiger partial charge on any atom is -0.465 e. The van der Waals surface area contributed by atoms with Gasteiger partial charge in [0.2, 0.25) is 5.91 Å². The zero-order valence-electron chi connectivity index (χ0n) is 7.53. The summed E-state index contributed by atoms with van der Waals surface area (Å²) in [6.45, 7) is -0.386. The molecule has 1 heterocycles. The van der Waals surface area contributed by atoms with Crippen molar-refractivity contribution >= 4 is 23.4 Å². The van der Waals surface area contributed by atoms with Gasteiger partial charge in [0.1, 0.15) is 18.0 Å². The Morgan fingerprint density at radius 1 is 1.53 bits per heavy atom. The second kappa shape index (κ2) is 3.23. The summed E-state index contributed by atoms with van der Waals surface area (Å²) in [6, 6.07) is 4.00.